The average molecular weight is 438 g/mol. The summed E-state index contributed by atoms with van der Waals surface area (Å²) in [5, 5.41) is 11.8. The summed E-state index contributed by atoms with van der Waals surface area (Å²) in [4.78, 5) is 14.0. The van der Waals surface area contributed by atoms with Crippen molar-refractivity contribution in [1.82, 2.24) is 15.0 Å². The molecule has 2 aliphatic rings. The highest BCUT2D eigenvalue weighted by Gasteiger charge is 2.27. The summed E-state index contributed by atoms with van der Waals surface area (Å²) in [6.45, 7) is 4.92. The highest BCUT2D eigenvalue weighted by Crippen LogP contribution is 2.42. The van der Waals surface area contributed by atoms with Crippen molar-refractivity contribution in [3.05, 3.63) is 53.8 Å². The van der Waals surface area contributed by atoms with Gasteiger partial charge in [0.05, 0.1) is 5.69 Å². The van der Waals surface area contributed by atoms with Crippen LogP contribution in [-0.2, 0) is 10.3 Å². The maximum atomic E-state index is 10.2. The third-order valence-corrected chi connectivity index (χ3v) is 6.76. The molecule has 31 heavy (non-hydrogen) atoms. The van der Waals surface area contributed by atoms with Crippen LogP contribution in [0, 0.1) is 0 Å². The molecule has 162 valence electrons. The van der Waals surface area contributed by atoms with Crippen molar-refractivity contribution in [2.24, 2.45) is 0 Å². The molecule has 3 aromatic rings. The number of hydrogen-bond donors (Lipinski definition) is 1. The smallest absolute Gasteiger partial charge is 0.199 e. The predicted molar refractivity (Wildman–Crippen MR) is 118 cm³/mol. The van der Waals surface area contributed by atoms with Gasteiger partial charge in [0, 0.05) is 37.1 Å². The quantitative estimate of drug-likeness (QED) is 0.562. The second-order valence-corrected chi connectivity index (χ2v) is 9.87. The minimum atomic E-state index is -0.986. The fourth-order valence-corrected chi connectivity index (χ4v) is 4.61. The summed E-state index contributed by atoms with van der Waals surface area (Å²) in [6.07, 6.45) is 8.09. The van der Waals surface area contributed by atoms with Crippen LogP contribution < -0.4 is 0 Å². The molecule has 3 aromatic heterocycles. The van der Waals surface area contributed by atoms with Gasteiger partial charge in [0.25, 0.3) is 0 Å². The summed E-state index contributed by atoms with van der Waals surface area (Å²) < 4.78 is 11.8. The van der Waals surface area contributed by atoms with E-state index in [2.05, 4.69) is 22.1 Å². The first-order valence-electron chi connectivity index (χ1n) is 10.9. The molecule has 0 aromatic carbocycles. The van der Waals surface area contributed by atoms with E-state index in [1.165, 1.54) is 30.2 Å². The molecule has 0 spiro atoms. The lowest BCUT2D eigenvalue weighted by atomic mass is 10.0. The van der Waals surface area contributed by atoms with Gasteiger partial charge >= 0.3 is 0 Å². The Kier molecular flexibility index (Phi) is 5.58. The third kappa shape index (κ3) is 4.68. The molecule has 1 N–H and O–H groups in total. The van der Waals surface area contributed by atoms with Crippen molar-refractivity contribution in [3.63, 3.8) is 0 Å². The zero-order valence-electron chi connectivity index (χ0n) is 17.9. The molecule has 1 saturated carbocycles. The number of aliphatic hydroxyl groups is 1. The van der Waals surface area contributed by atoms with Crippen LogP contribution in [0.3, 0.4) is 0 Å². The summed E-state index contributed by atoms with van der Waals surface area (Å²) in [6, 6.07) is 8.02. The molecule has 4 heterocycles. The first-order chi connectivity index (χ1) is 15.0. The maximum Gasteiger partial charge on any atom is 0.199 e. The monoisotopic (exact) mass is 437 g/mol. The van der Waals surface area contributed by atoms with Crippen LogP contribution in [0.1, 0.15) is 68.5 Å². The normalized spacial score (nSPS) is 17.8. The Morgan fingerprint density at radius 1 is 0.968 bits per heavy atom. The van der Waals surface area contributed by atoms with Crippen LogP contribution in [0.4, 0.5) is 0 Å². The Morgan fingerprint density at radius 3 is 2.39 bits per heavy atom. The van der Waals surface area contributed by atoms with Crippen LogP contribution in [0.15, 0.2) is 51.2 Å². The van der Waals surface area contributed by atoms with E-state index in [-0.39, 0.29) is 5.92 Å². The van der Waals surface area contributed by atoms with Gasteiger partial charge in [-0.3, -0.25) is 4.98 Å². The molecule has 0 radical (unpaired) electrons. The zero-order chi connectivity index (χ0) is 21.4. The van der Waals surface area contributed by atoms with E-state index in [4.69, 9.17) is 14.1 Å². The summed E-state index contributed by atoms with van der Waals surface area (Å²) in [5.41, 5.74) is 2.59. The second-order valence-electron chi connectivity index (χ2n) is 8.87. The number of hydrogen-bond acceptors (Lipinski definition) is 7. The van der Waals surface area contributed by atoms with Crippen molar-refractivity contribution in [1.29, 1.82) is 0 Å². The Morgan fingerprint density at radius 2 is 1.77 bits per heavy atom. The van der Waals surface area contributed by atoms with E-state index < -0.39 is 5.60 Å². The second kappa shape index (κ2) is 8.37. The van der Waals surface area contributed by atoms with E-state index in [0.717, 1.165) is 53.3 Å². The molecule has 2 fully saturated rings. The first-order valence-corrected chi connectivity index (χ1v) is 11.7. The Labute approximate surface area is 186 Å². The number of aromatic nitrogens is 3. The van der Waals surface area contributed by atoms with Gasteiger partial charge in [0.1, 0.15) is 16.3 Å². The van der Waals surface area contributed by atoms with Crippen molar-refractivity contribution in [3.8, 4) is 11.3 Å². The molecule has 1 aliphatic heterocycles. The third-order valence-electron chi connectivity index (χ3n) is 5.85. The Bertz CT molecular complexity index is 1030. The Hall–Kier alpha value is -2.22. The van der Waals surface area contributed by atoms with Gasteiger partial charge in [-0.25, -0.2) is 9.97 Å². The van der Waals surface area contributed by atoms with Gasteiger partial charge in [-0.15, -0.1) is 0 Å². The summed E-state index contributed by atoms with van der Waals surface area (Å²) in [5.74, 6) is 1.70. The van der Waals surface area contributed by atoms with E-state index in [1.54, 1.807) is 20.0 Å². The molecular formula is C24H27N3O3S. The molecule has 7 heteroatoms. The molecule has 0 atom stereocenters. The molecule has 0 amide bonds. The number of rotatable bonds is 6. The fourth-order valence-electron chi connectivity index (χ4n) is 3.79. The standard InChI is InChI=1S/C24H27N3O3S/c1-24(2,28)19-7-5-18(14-25-19)21-23(30-22(27-21)16-9-11-29-12-10-16)31-20-8-6-17(13-26-20)15-3-4-15/h5-8,13-16,28H,3-4,9-12H2,1-2H3. The van der Waals surface area contributed by atoms with Crippen molar-refractivity contribution in [2.75, 3.05) is 13.2 Å². The topological polar surface area (TPSA) is 81.3 Å². The SMILES string of the molecule is CC(C)(O)c1ccc(-c2nc(C3CCOCC3)oc2Sc2ccc(C3CC3)cn2)cn1. The van der Waals surface area contributed by atoms with Crippen LogP contribution in [0.2, 0.25) is 0 Å². The lowest BCUT2D eigenvalue weighted by molar-refractivity contribution is 0.0739. The molecule has 0 unspecified atom stereocenters. The number of pyridine rings is 2. The van der Waals surface area contributed by atoms with Gasteiger partial charge in [0.15, 0.2) is 11.0 Å². The Balaban J connectivity index is 1.46. The fraction of sp³-hybridized carbons (Fsp3) is 0.458. The lowest BCUT2D eigenvalue weighted by Crippen LogP contribution is -2.17. The number of oxazole rings is 1. The highest BCUT2D eigenvalue weighted by atomic mass is 32.2. The molecule has 6 nitrogen and oxygen atoms in total. The van der Waals surface area contributed by atoms with E-state index in [1.807, 2.05) is 18.3 Å². The van der Waals surface area contributed by atoms with Gasteiger partial charge in [-0.05, 0) is 81.0 Å². The summed E-state index contributed by atoms with van der Waals surface area (Å²) >= 11 is 1.50. The molecular weight excluding hydrogens is 410 g/mol. The minimum absolute atomic E-state index is 0.260. The van der Waals surface area contributed by atoms with Gasteiger partial charge in [-0.2, -0.15) is 0 Å². The largest absolute Gasteiger partial charge is 0.433 e. The van der Waals surface area contributed by atoms with Crippen LogP contribution in [0.5, 0.6) is 0 Å². The van der Waals surface area contributed by atoms with E-state index in [0.29, 0.717) is 11.6 Å². The van der Waals surface area contributed by atoms with Gasteiger partial charge in [0.2, 0.25) is 0 Å². The van der Waals surface area contributed by atoms with E-state index in [9.17, 15) is 5.11 Å². The van der Waals surface area contributed by atoms with Crippen LogP contribution in [0.25, 0.3) is 11.3 Å². The first kappa shape index (κ1) is 20.7. The number of nitrogens with zero attached hydrogens (tertiary/aromatic N) is 3. The van der Waals surface area contributed by atoms with E-state index >= 15 is 0 Å². The minimum Gasteiger partial charge on any atom is -0.433 e. The maximum absolute atomic E-state index is 10.2. The molecule has 1 saturated heterocycles. The van der Waals surface area contributed by atoms with Crippen LogP contribution >= 0.6 is 11.8 Å². The summed E-state index contributed by atoms with van der Waals surface area (Å²) in [7, 11) is 0. The van der Waals surface area contributed by atoms with Crippen molar-refractivity contribution < 1.29 is 14.3 Å². The predicted octanol–water partition coefficient (Wildman–Crippen LogP) is 5.28. The molecule has 1 aliphatic carbocycles. The number of ether oxygens (including phenoxy) is 1. The van der Waals surface area contributed by atoms with Crippen molar-refractivity contribution in [2.45, 2.75) is 67.1 Å². The average Bonchev–Trinajstić information content (AvgIpc) is 3.55. The van der Waals surface area contributed by atoms with Gasteiger partial charge < -0.3 is 14.3 Å². The van der Waals surface area contributed by atoms with Crippen LogP contribution in [-0.4, -0.2) is 33.3 Å². The van der Waals surface area contributed by atoms with Crippen molar-refractivity contribution >= 4 is 11.8 Å². The molecule has 5 rings (SSSR count). The highest BCUT2D eigenvalue weighted by molar-refractivity contribution is 7.99. The zero-order valence-corrected chi connectivity index (χ0v) is 18.7. The van der Waals surface area contributed by atoms with Gasteiger partial charge in [-0.1, -0.05) is 6.07 Å². The molecule has 0 bridgehead atoms. The lowest BCUT2D eigenvalue weighted by Gasteiger charge is -2.18.